The van der Waals surface area contributed by atoms with Crippen molar-refractivity contribution in [3.05, 3.63) is 17.5 Å². The highest BCUT2D eigenvalue weighted by Crippen LogP contribution is 2.27. The van der Waals surface area contributed by atoms with E-state index in [4.69, 9.17) is 0 Å². The number of nitrogens with zero attached hydrogens (tertiary/aromatic N) is 3. The van der Waals surface area contributed by atoms with Gasteiger partial charge in [-0.15, -0.1) is 0 Å². The Hall–Kier alpha value is -1.36. The third kappa shape index (κ3) is 2.56. The predicted octanol–water partition coefficient (Wildman–Crippen LogP) is 0.825. The van der Waals surface area contributed by atoms with Crippen LogP contribution in [0.3, 0.4) is 0 Å². The smallest absolute Gasteiger partial charge is 0.271 e. The molecule has 1 aliphatic rings. The zero-order chi connectivity index (χ0) is 13.3. The van der Waals surface area contributed by atoms with E-state index in [1.165, 1.54) is 0 Å². The Labute approximate surface area is 107 Å². The maximum absolute atomic E-state index is 12.3. The summed E-state index contributed by atoms with van der Waals surface area (Å²) in [6.45, 7) is 2.73. The summed E-state index contributed by atoms with van der Waals surface area (Å²) in [6.07, 6.45) is 2.29. The molecule has 0 atom stereocenters. The van der Waals surface area contributed by atoms with Crippen molar-refractivity contribution in [3.63, 3.8) is 0 Å². The Kier molecular flexibility index (Phi) is 3.71. The molecule has 1 N–H and O–H groups in total. The fraction of sp³-hybridized carbons (Fsp3) is 0.692. The molecule has 1 saturated carbocycles. The molecule has 18 heavy (non-hydrogen) atoms. The van der Waals surface area contributed by atoms with Gasteiger partial charge < -0.3 is 10.0 Å². The van der Waals surface area contributed by atoms with Gasteiger partial charge in [0.1, 0.15) is 5.69 Å². The lowest BCUT2D eigenvalue weighted by Gasteiger charge is -2.34. The molecule has 5 nitrogen and oxygen atoms in total. The molecule has 1 aliphatic carbocycles. The van der Waals surface area contributed by atoms with E-state index in [1.807, 2.05) is 20.0 Å². The van der Waals surface area contributed by atoms with Crippen molar-refractivity contribution in [3.8, 4) is 0 Å². The SMILES string of the molecule is CCc1cc(C(=O)N(C)CC2CC(O)C2)n(C)n1. The van der Waals surface area contributed by atoms with Crippen molar-refractivity contribution in [1.82, 2.24) is 14.7 Å². The Morgan fingerprint density at radius 2 is 2.28 bits per heavy atom. The number of hydrogen-bond acceptors (Lipinski definition) is 3. The van der Waals surface area contributed by atoms with Gasteiger partial charge in [0.05, 0.1) is 11.8 Å². The quantitative estimate of drug-likeness (QED) is 0.862. The number of hydrogen-bond donors (Lipinski definition) is 1. The number of carbonyl (C=O) groups excluding carboxylic acids is 1. The van der Waals surface area contributed by atoms with Gasteiger partial charge in [-0.3, -0.25) is 9.48 Å². The lowest BCUT2D eigenvalue weighted by molar-refractivity contribution is 0.0262. The van der Waals surface area contributed by atoms with Gasteiger partial charge in [-0.05, 0) is 31.2 Å². The summed E-state index contributed by atoms with van der Waals surface area (Å²) < 4.78 is 1.65. The van der Waals surface area contributed by atoms with E-state index in [0.29, 0.717) is 18.2 Å². The number of rotatable bonds is 4. The molecule has 0 radical (unpaired) electrons. The van der Waals surface area contributed by atoms with Crippen LogP contribution >= 0.6 is 0 Å². The molecular formula is C13H21N3O2. The standard InChI is InChI=1S/C13H21N3O2/c1-4-10-7-12(16(3)14-10)13(18)15(2)8-9-5-11(17)6-9/h7,9,11,17H,4-6,8H2,1-3H3. The first-order valence-electron chi connectivity index (χ1n) is 6.47. The fourth-order valence-corrected chi connectivity index (χ4v) is 2.41. The Balaban J connectivity index is 1.98. The Bertz CT molecular complexity index is 435. The molecule has 2 rings (SSSR count). The highest BCUT2D eigenvalue weighted by atomic mass is 16.3. The fourth-order valence-electron chi connectivity index (χ4n) is 2.41. The van der Waals surface area contributed by atoms with Crippen molar-refractivity contribution in [2.45, 2.75) is 32.3 Å². The number of carbonyl (C=O) groups is 1. The van der Waals surface area contributed by atoms with Crippen LogP contribution in [-0.4, -0.2) is 45.4 Å². The van der Waals surface area contributed by atoms with E-state index in [-0.39, 0.29) is 12.0 Å². The molecule has 5 heteroatoms. The predicted molar refractivity (Wildman–Crippen MR) is 68.3 cm³/mol. The van der Waals surface area contributed by atoms with Crippen molar-refractivity contribution < 1.29 is 9.90 Å². The maximum atomic E-state index is 12.3. The van der Waals surface area contributed by atoms with Crippen LogP contribution in [-0.2, 0) is 13.5 Å². The van der Waals surface area contributed by atoms with Crippen LogP contribution in [0.15, 0.2) is 6.07 Å². The van der Waals surface area contributed by atoms with Crippen molar-refractivity contribution in [2.75, 3.05) is 13.6 Å². The second-order valence-electron chi connectivity index (χ2n) is 5.18. The summed E-state index contributed by atoms with van der Waals surface area (Å²) >= 11 is 0. The lowest BCUT2D eigenvalue weighted by Crippen LogP contribution is -2.40. The van der Waals surface area contributed by atoms with E-state index >= 15 is 0 Å². The largest absolute Gasteiger partial charge is 0.393 e. The Morgan fingerprint density at radius 3 is 2.78 bits per heavy atom. The molecule has 0 saturated heterocycles. The molecule has 1 aromatic heterocycles. The number of aryl methyl sites for hydroxylation is 2. The molecule has 0 unspecified atom stereocenters. The van der Waals surface area contributed by atoms with E-state index in [9.17, 15) is 9.90 Å². The highest BCUT2D eigenvalue weighted by Gasteiger charge is 2.29. The van der Waals surface area contributed by atoms with Crippen LogP contribution in [0.5, 0.6) is 0 Å². The molecule has 0 bridgehead atoms. The lowest BCUT2D eigenvalue weighted by atomic mass is 9.82. The highest BCUT2D eigenvalue weighted by molar-refractivity contribution is 5.92. The zero-order valence-electron chi connectivity index (χ0n) is 11.3. The van der Waals surface area contributed by atoms with E-state index in [2.05, 4.69) is 5.10 Å². The maximum Gasteiger partial charge on any atom is 0.271 e. The van der Waals surface area contributed by atoms with Crippen LogP contribution in [0.25, 0.3) is 0 Å². The summed E-state index contributed by atoms with van der Waals surface area (Å²) in [4.78, 5) is 14.0. The van der Waals surface area contributed by atoms with Gasteiger partial charge in [0.25, 0.3) is 5.91 Å². The molecule has 100 valence electrons. The minimum absolute atomic E-state index is 0.00564. The first-order valence-corrected chi connectivity index (χ1v) is 6.47. The summed E-state index contributed by atoms with van der Waals surface area (Å²) in [5, 5.41) is 13.5. The topological polar surface area (TPSA) is 58.4 Å². The molecule has 0 aromatic carbocycles. The first kappa shape index (κ1) is 13.1. The zero-order valence-corrected chi connectivity index (χ0v) is 11.3. The van der Waals surface area contributed by atoms with Crippen LogP contribution in [0.1, 0.15) is 35.9 Å². The molecule has 1 fully saturated rings. The Morgan fingerprint density at radius 1 is 1.61 bits per heavy atom. The van der Waals surface area contributed by atoms with E-state index in [0.717, 1.165) is 25.0 Å². The van der Waals surface area contributed by atoms with Crippen molar-refractivity contribution >= 4 is 5.91 Å². The van der Waals surface area contributed by atoms with E-state index in [1.54, 1.807) is 16.6 Å². The third-order valence-corrected chi connectivity index (χ3v) is 3.60. The van der Waals surface area contributed by atoms with Crippen LogP contribution in [0.4, 0.5) is 0 Å². The van der Waals surface area contributed by atoms with Gasteiger partial charge in [-0.25, -0.2) is 0 Å². The monoisotopic (exact) mass is 251 g/mol. The average Bonchev–Trinajstić information content (AvgIpc) is 2.67. The van der Waals surface area contributed by atoms with Gasteiger partial charge in [0, 0.05) is 20.6 Å². The van der Waals surface area contributed by atoms with Gasteiger partial charge >= 0.3 is 0 Å². The normalized spacial score (nSPS) is 22.7. The van der Waals surface area contributed by atoms with Gasteiger partial charge in [0.2, 0.25) is 0 Å². The molecule has 0 spiro atoms. The summed E-state index contributed by atoms with van der Waals surface area (Å²) in [7, 11) is 3.61. The van der Waals surface area contributed by atoms with Crippen LogP contribution in [0.2, 0.25) is 0 Å². The van der Waals surface area contributed by atoms with Gasteiger partial charge in [-0.2, -0.15) is 5.10 Å². The first-order chi connectivity index (χ1) is 8.51. The molecule has 1 aromatic rings. The number of amides is 1. The van der Waals surface area contributed by atoms with Crippen LogP contribution < -0.4 is 0 Å². The number of aliphatic hydroxyl groups is 1. The molecule has 1 amide bonds. The summed E-state index contributed by atoms with van der Waals surface area (Å²) in [6, 6.07) is 1.86. The summed E-state index contributed by atoms with van der Waals surface area (Å²) in [5.74, 6) is 0.443. The minimum atomic E-state index is -0.165. The van der Waals surface area contributed by atoms with Crippen LogP contribution in [0, 0.1) is 5.92 Å². The van der Waals surface area contributed by atoms with Crippen molar-refractivity contribution in [1.29, 1.82) is 0 Å². The third-order valence-electron chi connectivity index (χ3n) is 3.60. The molecular weight excluding hydrogens is 230 g/mol. The minimum Gasteiger partial charge on any atom is -0.393 e. The average molecular weight is 251 g/mol. The van der Waals surface area contributed by atoms with Gasteiger partial charge in [-0.1, -0.05) is 6.92 Å². The number of aliphatic hydroxyl groups excluding tert-OH is 1. The molecule has 0 aliphatic heterocycles. The van der Waals surface area contributed by atoms with E-state index < -0.39 is 0 Å². The van der Waals surface area contributed by atoms with Gasteiger partial charge in [0.15, 0.2) is 0 Å². The number of aromatic nitrogens is 2. The molecule has 1 heterocycles. The van der Waals surface area contributed by atoms with Crippen molar-refractivity contribution in [2.24, 2.45) is 13.0 Å². The second kappa shape index (κ2) is 5.10. The summed E-state index contributed by atoms with van der Waals surface area (Å²) in [5.41, 5.74) is 1.57. The second-order valence-corrected chi connectivity index (χ2v) is 5.18.